The molecule has 0 unspecified atom stereocenters. The Morgan fingerprint density at radius 2 is 1.93 bits per heavy atom. The van der Waals surface area contributed by atoms with E-state index in [1.807, 2.05) is 25.1 Å². The fraction of sp³-hybridized carbons (Fsp3) is 0.379. The molecule has 5 rings (SSSR count). The van der Waals surface area contributed by atoms with E-state index in [4.69, 9.17) is 9.15 Å². The van der Waals surface area contributed by atoms with Crippen molar-refractivity contribution in [1.29, 1.82) is 0 Å². The first kappa shape index (κ1) is 27.7. The van der Waals surface area contributed by atoms with Crippen LogP contribution in [0, 0.1) is 12.8 Å². The number of sulfonamides is 1. The molecule has 40 heavy (non-hydrogen) atoms. The Bertz CT molecular complexity index is 1610. The Morgan fingerprint density at radius 1 is 1.15 bits per heavy atom. The predicted molar refractivity (Wildman–Crippen MR) is 149 cm³/mol. The normalized spacial score (nSPS) is 15.4. The molecule has 1 atom stereocenters. The van der Waals surface area contributed by atoms with Gasteiger partial charge in [0.2, 0.25) is 15.9 Å². The maximum Gasteiger partial charge on any atom is 0.302 e. The summed E-state index contributed by atoms with van der Waals surface area (Å²) in [6, 6.07) is 12.9. The first-order valence-electron chi connectivity index (χ1n) is 13.3. The number of fused-ring (bicyclic) bond motifs is 2. The molecule has 1 saturated heterocycles. The molecule has 1 fully saturated rings. The summed E-state index contributed by atoms with van der Waals surface area (Å²) in [6.07, 6.45) is 3.78. The summed E-state index contributed by atoms with van der Waals surface area (Å²) in [5.41, 5.74) is 2.44. The van der Waals surface area contributed by atoms with Crippen LogP contribution in [0.3, 0.4) is 0 Å². The third kappa shape index (κ3) is 6.31. The Labute approximate surface area is 232 Å². The Hall–Kier alpha value is -3.83. The second-order valence-corrected chi connectivity index (χ2v) is 11.9. The Balaban J connectivity index is 1.38. The quantitative estimate of drug-likeness (QED) is 0.304. The highest BCUT2D eigenvalue weighted by atomic mass is 32.2. The number of pyridine rings is 1. The van der Waals surface area contributed by atoms with E-state index in [1.54, 1.807) is 35.4 Å². The molecule has 0 spiro atoms. The zero-order valence-corrected chi connectivity index (χ0v) is 23.3. The van der Waals surface area contributed by atoms with Gasteiger partial charge in [0.15, 0.2) is 11.5 Å². The van der Waals surface area contributed by atoms with E-state index in [0.29, 0.717) is 47.6 Å². The van der Waals surface area contributed by atoms with E-state index >= 15 is 0 Å². The van der Waals surface area contributed by atoms with Gasteiger partial charge in [-0.05, 0) is 61.9 Å². The minimum Gasteiger partial charge on any atom is -0.466 e. The topological polar surface area (TPSA) is 132 Å². The second-order valence-electron chi connectivity index (χ2n) is 10.2. The van der Waals surface area contributed by atoms with Gasteiger partial charge in [-0.2, -0.15) is 4.72 Å². The smallest absolute Gasteiger partial charge is 0.302 e. The third-order valence-corrected chi connectivity index (χ3v) is 8.67. The molecule has 0 saturated carbocycles. The van der Waals surface area contributed by atoms with Gasteiger partial charge in [-0.1, -0.05) is 24.3 Å². The van der Waals surface area contributed by atoms with Crippen LogP contribution < -0.4 is 4.72 Å². The number of aromatic nitrogens is 2. The number of rotatable bonds is 9. The van der Waals surface area contributed by atoms with Gasteiger partial charge in [0.05, 0.1) is 12.1 Å². The van der Waals surface area contributed by atoms with E-state index < -0.39 is 16.1 Å². The van der Waals surface area contributed by atoms with E-state index in [9.17, 15) is 18.0 Å². The van der Waals surface area contributed by atoms with Gasteiger partial charge in [0, 0.05) is 38.0 Å². The Kier molecular flexibility index (Phi) is 8.13. The molecule has 10 nitrogen and oxygen atoms in total. The van der Waals surface area contributed by atoms with Crippen molar-refractivity contribution in [3.63, 3.8) is 0 Å². The summed E-state index contributed by atoms with van der Waals surface area (Å²) in [5, 5.41) is 0.695. The van der Waals surface area contributed by atoms with Crippen LogP contribution in [0.5, 0.6) is 0 Å². The van der Waals surface area contributed by atoms with Crippen LogP contribution in [0.4, 0.5) is 0 Å². The molecule has 0 bridgehead atoms. The van der Waals surface area contributed by atoms with Crippen LogP contribution in [0.25, 0.3) is 22.0 Å². The van der Waals surface area contributed by atoms with Gasteiger partial charge in [0.25, 0.3) is 0 Å². The number of carbonyl (C=O) groups is 2. The van der Waals surface area contributed by atoms with Crippen molar-refractivity contribution in [3.8, 4) is 0 Å². The molecule has 1 amide bonds. The number of esters is 1. The number of amides is 1. The number of oxazole rings is 1. The molecule has 2 aromatic carbocycles. The van der Waals surface area contributed by atoms with Gasteiger partial charge in [-0.25, -0.2) is 13.4 Å². The summed E-state index contributed by atoms with van der Waals surface area (Å²) in [4.78, 5) is 35.4. The molecule has 11 heteroatoms. The fourth-order valence-corrected chi connectivity index (χ4v) is 6.47. The molecular formula is C29H32N4O6S. The fourth-order valence-electron chi connectivity index (χ4n) is 5.10. The number of para-hydroxylation sites is 3. The SMILES string of the molecule is CC(=O)OCCC1CCN(C(=O)[C@H](Cc2nc3ccccc3o2)NS(=O)(=O)c2cccc3cc(C)cnc23)CC1. The zero-order chi connectivity index (χ0) is 28.3. The van der Waals surface area contributed by atoms with Crippen molar-refractivity contribution >= 4 is 43.9 Å². The van der Waals surface area contributed by atoms with Crippen molar-refractivity contribution in [2.75, 3.05) is 19.7 Å². The van der Waals surface area contributed by atoms with Crippen LogP contribution in [0.1, 0.15) is 37.6 Å². The number of nitrogens with zero attached hydrogens (tertiary/aromatic N) is 3. The average Bonchev–Trinajstić information content (AvgIpc) is 3.34. The van der Waals surface area contributed by atoms with Crippen LogP contribution in [0.15, 0.2) is 64.0 Å². The first-order chi connectivity index (χ1) is 19.2. The molecule has 1 N–H and O–H groups in total. The lowest BCUT2D eigenvalue weighted by Gasteiger charge is -2.34. The number of hydrogen-bond acceptors (Lipinski definition) is 8. The number of aryl methyl sites for hydroxylation is 1. The van der Waals surface area contributed by atoms with E-state index in [-0.39, 0.29) is 29.1 Å². The molecule has 2 aromatic heterocycles. The number of likely N-dealkylation sites (tertiary alicyclic amines) is 1. The monoisotopic (exact) mass is 564 g/mol. The van der Waals surface area contributed by atoms with Crippen LogP contribution in [-0.4, -0.2) is 60.9 Å². The number of benzene rings is 2. The average molecular weight is 565 g/mol. The van der Waals surface area contributed by atoms with Gasteiger partial charge in [0.1, 0.15) is 16.5 Å². The lowest BCUT2D eigenvalue weighted by Crippen LogP contribution is -2.51. The standard InChI is InChI=1S/C29H32N4O6S/c1-19-16-22-6-5-9-26(28(22)30-18-19)40(36,37)32-24(17-27-31-23-7-3-4-8-25(23)39-27)29(35)33-13-10-21(11-14-33)12-15-38-20(2)34/h3-9,16,18,21,24,32H,10-15,17H2,1-2H3/t24-/m0/s1. The number of hydrogen-bond donors (Lipinski definition) is 1. The van der Waals surface area contributed by atoms with Crippen LogP contribution in [-0.2, 0) is 30.8 Å². The van der Waals surface area contributed by atoms with Gasteiger partial charge in [-0.3, -0.25) is 14.6 Å². The van der Waals surface area contributed by atoms with Gasteiger partial charge < -0.3 is 14.1 Å². The summed E-state index contributed by atoms with van der Waals surface area (Å²) < 4.78 is 41.0. The number of ether oxygens (including phenoxy) is 1. The van der Waals surface area contributed by atoms with E-state index in [0.717, 1.165) is 24.8 Å². The van der Waals surface area contributed by atoms with Crippen molar-refractivity contribution in [3.05, 3.63) is 66.2 Å². The Morgan fingerprint density at radius 3 is 2.67 bits per heavy atom. The van der Waals surface area contributed by atoms with E-state index in [2.05, 4.69) is 14.7 Å². The summed E-state index contributed by atoms with van der Waals surface area (Å²) in [5.74, 6) is -0.0576. The summed E-state index contributed by atoms with van der Waals surface area (Å²) in [6.45, 7) is 4.58. The minimum absolute atomic E-state index is 0.00421. The van der Waals surface area contributed by atoms with Crippen LogP contribution in [0.2, 0.25) is 0 Å². The van der Waals surface area contributed by atoms with Gasteiger partial charge >= 0.3 is 5.97 Å². The largest absolute Gasteiger partial charge is 0.466 e. The maximum absolute atomic E-state index is 13.8. The summed E-state index contributed by atoms with van der Waals surface area (Å²) in [7, 11) is -4.14. The highest BCUT2D eigenvalue weighted by Crippen LogP contribution is 2.25. The van der Waals surface area contributed by atoms with Crippen molar-refractivity contribution < 1.29 is 27.2 Å². The number of nitrogens with one attached hydrogen (secondary N) is 1. The molecular weight excluding hydrogens is 532 g/mol. The second kappa shape index (κ2) is 11.7. The van der Waals surface area contributed by atoms with Crippen molar-refractivity contribution in [2.24, 2.45) is 5.92 Å². The highest BCUT2D eigenvalue weighted by molar-refractivity contribution is 7.89. The molecule has 0 radical (unpaired) electrons. The number of piperidine rings is 1. The predicted octanol–water partition coefficient (Wildman–Crippen LogP) is 3.77. The number of carbonyl (C=O) groups excluding carboxylic acids is 2. The van der Waals surface area contributed by atoms with Gasteiger partial charge in [-0.15, -0.1) is 0 Å². The lowest BCUT2D eigenvalue weighted by atomic mass is 9.93. The molecule has 1 aliphatic heterocycles. The molecule has 3 heterocycles. The van der Waals surface area contributed by atoms with Crippen LogP contribution >= 0.6 is 0 Å². The first-order valence-corrected chi connectivity index (χ1v) is 14.8. The molecule has 1 aliphatic rings. The van der Waals surface area contributed by atoms with E-state index in [1.165, 1.54) is 13.0 Å². The molecule has 210 valence electrons. The summed E-state index contributed by atoms with van der Waals surface area (Å²) >= 11 is 0. The molecule has 4 aromatic rings. The third-order valence-electron chi connectivity index (χ3n) is 7.17. The zero-order valence-electron chi connectivity index (χ0n) is 22.5. The van der Waals surface area contributed by atoms with Crippen molar-refractivity contribution in [2.45, 2.75) is 50.5 Å². The van der Waals surface area contributed by atoms with Crippen molar-refractivity contribution in [1.82, 2.24) is 19.6 Å². The highest BCUT2D eigenvalue weighted by Gasteiger charge is 2.33. The maximum atomic E-state index is 13.8. The minimum atomic E-state index is -4.14. The molecule has 0 aliphatic carbocycles. The lowest BCUT2D eigenvalue weighted by molar-refractivity contribution is -0.141.